The highest BCUT2D eigenvalue weighted by Crippen LogP contribution is 2.21. The number of hydrogen-bond donors (Lipinski definition) is 3. The molecule has 0 fully saturated rings. The molecule has 0 radical (unpaired) electrons. The van der Waals surface area contributed by atoms with Gasteiger partial charge < -0.3 is 15.3 Å². The average molecular weight is 251 g/mol. The number of hydrogen-bond acceptors (Lipinski definition) is 4. The van der Waals surface area contributed by atoms with Crippen molar-refractivity contribution in [1.29, 1.82) is 0 Å². The van der Waals surface area contributed by atoms with Crippen LogP contribution in [0, 0.1) is 5.92 Å². The van der Waals surface area contributed by atoms with Gasteiger partial charge in [-0.15, -0.1) is 0 Å². The van der Waals surface area contributed by atoms with Gasteiger partial charge in [-0.1, -0.05) is 13.8 Å². The van der Waals surface area contributed by atoms with Crippen molar-refractivity contribution >= 4 is 12.2 Å². The van der Waals surface area contributed by atoms with Crippen LogP contribution in [-0.2, 0) is 4.79 Å². The van der Waals surface area contributed by atoms with Gasteiger partial charge in [0.1, 0.15) is 17.5 Å². The maximum Gasteiger partial charge on any atom is 0.328 e. The van der Waals surface area contributed by atoms with E-state index >= 15 is 0 Å². The summed E-state index contributed by atoms with van der Waals surface area (Å²) in [5.41, 5.74) is 0.378. The molecule has 0 aliphatic heterocycles. The predicted octanol–water partition coefficient (Wildman–Crippen LogP) is 2.02. The third-order valence-electron chi connectivity index (χ3n) is 2.39. The van der Waals surface area contributed by atoms with E-state index in [1.165, 1.54) is 24.4 Å². The van der Waals surface area contributed by atoms with E-state index in [0.717, 1.165) is 0 Å². The number of benzene rings is 1. The SMILES string of the molecule is CC(C)C[C@H](N=Cc1ccc(O)cc1O)C(=O)O. The first-order chi connectivity index (χ1) is 8.40. The minimum atomic E-state index is -0.988. The third kappa shape index (κ3) is 4.08. The van der Waals surface area contributed by atoms with E-state index in [2.05, 4.69) is 4.99 Å². The van der Waals surface area contributed by atoms with Crippen LogP contribution in [0.5, 0.6) is 11.5 Å². The normalized spacial score (nSPS) is 13.1. The van der Waals surface area contributed by atoms with Gasteiger partial charge in [0.2, 0.25) is 0 Å². The first-order valence-electron chi connectivity index (χ1n) is 5.68. The number of aliphatic carboxylic acids is 1. The molecule has 98 valence electrons. The van der Waals surface area contributed by atoms with E-state index < -0.39 is 12.0 Å². The highest BCUT2D eigenvalue weighted by molar-refractivity contribution is 5.86. The summed E-state index contributed by atoms with van der Waals surface area (Å²) in [5.74, 6) is -0.955. The number of nitrogens with zero attached hydrogens (tertiary/aromatic N) is 1. The van der Waals surface area contributed by atoms with Gasteiger partial charge in [-0.2, -0.15) is 0 Å². The second-order valence-corrected chi connectivity index (χ2v) is 4.50. The Bertz CT molecular complexity index is 454. The number of aliphatic imine (C=N–C) groups is 1. The molecule has 5 heteroatoms. The molecule has 5 nitrogen and oxygen atoms in total. The molecule has 1 rings (SSSR count). The lowest BCUT2D eigenvalue weighted by Crippen LogP contribution is -2.20. The molecule has 0 bridgehead atoms. The molecular weight excluding hydrogens is 234 g/mol. The van der Waals surface area contributed by atoms with Crippen molar-refractivity contribution in [1.82, 2.24) is 0 Å². The summed E-state index contributed by atoms with van der Waals surface area (Å²) >= 11 is 0. The van der Waals surface area contributed by atoms with Gasteiger partial charge in [0.05, 0.1) is 0 Å². The van der Waals surface area contributed by atoms with Crippen LogP contribution in [0.25, 0.3) is 0 Å². The summed E-state index contributed by atoms with van der Waals surface area (Å²) in [6.07, 6.45) is 1.75. The standard InChI is InChI=1S/C13H17NO4/c1-8(2)5-11(13(17)18)14-7-9-3-4-10(15)6-12(9)16/h3-4,6-8,11,15-16H,5H2,1-2H3,(H,17,18)/t11-/m0/s1. The lowest BCUT2D eigenvalue weighted by Gasteiger charge is -2.09. The first kappa shape index (κ1) is 14.0. The van der Waals surface area contributed by atoms with Crippen molar-refractivity contribution in [2.45, 2.75) is 26.3 Å². The van der Waals surface area contributed by atoms with Crippen LogP contribution in [-0.4, -0.2) is 33.5 Å². The van der Waals surface area contributed by atoms with Gasteiger partial charge >= 0.3 is 5.97 Å². The van der Waals surface area contributed by atoms with Gasteiger partial charge in [-0.05, 0) is 24.5 Å². The molecule has 0 saturated heterocycles. The zero-order chi connectivity index (χ0) is 13.7. The molecular formula is C13H17NO4. The Morgan fingerprint density at radius 3 is 2.56 bits per heavy atom. The molecule has 0 aliphatic rings. The second kappa shape index (κ2) is 6.05. The quantitative estimate of drug-likeness (QED) is 0.698. The molecule has 18 heavy (non-hydrogen) atoms. The van der Waals surface area contributed by atoms with E-state index in [-0.39, 0.29) is 17.4 Å². The fraction of sp³-hybridized carbons (Fsp3) is 0.385. The second-order valence-electron chi connectivity index (χ2n) is 4.50. The molecule has 0 aromatic heterocycles. The number of aromatic hydroxyl groups is 2. The maximum absolute atomic E-state index is 11.0. The summed E-state index contributed by atoms with van der Waals surface area (Å²) in [5, 5.41) is 27.6. The Kier molecular flexibility index (Phi) is 4.71. The molecule has 0 amide bonds. The van der Waals surface area contributed by atoms with E-state index in [4.69, 9.17) is 10.2 Å². The van der Waals surface area contributed by atoms with E-state index in [1.807, 2.05) is 13.8 Å². The van der Waals surface area contributed by atoms with Crippen LogP contribution in [0.3, 0.4) is 0 Å². The number of phenols is 2. The van der Waals surface area contributed by atoms with Crippen molar-refractivity contribution < 1.29 is 20.1 Å². The van der Waals surface area contributed by atoms with Gasteiger partial charge in [-0.3, -0.25) is 4.99 Å². The largest absolute Gasteiger partial charge is 0.508 e. The lowest BCUT2D eigenvalue weighted by molar-refractivity contribution is -0.138. The Morgan fingerprint density at radius 2 is 2.06 bits per heavy atom. The molecule has 3 N–H and O–H groups in total. The zero-order valence-electron chi connectivity index (χ0n) is 10.4. The summed E-state index contributed by atoms with van der Waals surface area (Å²) in [6, 6.07) is 3.24. The number of phenolic OH excluding ortho intramolecular Hbond substituents is 2. The molecule has 1 aromatic rings. The van der Waals surface area contributed by atoms with Crippen LogP contribution < -0.4 is 0 Å². The van der Waals surface area contributed by atoms with Gasteiger partial charge in [0.15, 0.2) is 0 Å². The molecule has 0 aliphatic carbocycles. The van der Waals surface area contributed by atoms with E-state index in [0.29, 0.717) is 12.0 Å². The van der Waals surface area contributed by atoms with E-state index in [9.17, 15) is 9.90 Å². The van der Waals surface area contributed by atoms with Crippen molar-refractivity contribution in [3.05, 3.63) is 23.8 Å². The molecule has 0 saturated carbocycles. The molecule has 1 atom stereocenters. The highest BCUT2D eigenvalue weighted by atomic mass is 16.4. The van der Waals surface area contributed by atoms with Crippen LogP contribution in [0.1, 0.15) is 25.8 Å². The molecule has 1 aromatic carbocycles. The summed E-state index contributed by atoms with van der Waals surface area (Å²) in [7, 11) is 0. The predicted molar refractivity (Wildman–Crippen MR) is 68.2 cm³/mol. The Hall–Kier alpha value is -2.04. The smallest absolute Gasteiger partial charge is 0.328 e. The molecule has 0 spiro atoms. The van der Waals surface area contributed by atoms with Gasteiger partial charge in [0.25, 0.3) is 0 Å². The molecule has 0 heterocycles. The summed E-state index contributed by atoms with van der Waals surface area (Å²) in [6.45, 7) is 3.84. The third-order valence-corrected chi connectivity index (χ3v) is 2.39. The number of rotatable bonds is 5. The first-order valence-corrected chi connectivity index (χ1v) is 5.68. The monoisotopic (exact) mass is 251 g/mol. The van der Waals surface area contributed by atoms with Crippen molar-refractivity contribution in [2.75, 3.05) is 0 Å². The minimum absolute atomic E-state index is 0.0541. The lowest BCUT2D eigenvalue weighted by atomic mass is 10.0. The zero-order valence-corrected chi connectivity index (χ0v) is 10.4. The Labute approximate surface area is 105 Å². The fourth-order valence-electron chi connectivity index (χ4n) is 1.48. The average Bonchev–Trinajstić information content (AvgIpc) is 2.25. The van der Waals surface area contributed by atoms with Crippen molar-refractivity contribution in [2.24, 2.45) is 10.9 Å². The Balaban J connectivity index is 2.85. The van der Waals surface area contributed by atoms with Gasteiger partial charge in [0, 0.05) is 17.8 Å². The van der Waals surface area contributed by atoms with Crippen LogP contribution in [0.2, 0.25) is 0 Å². The fourth-order valence-corrected chi connectivity index (χ4v) is 1.48. The Morgan fingerprint density at radius 1 is 1.39 bits per heavy atom. The van der Waals surface area contributed by atoms with E-state index in [1.54, 1.807) is 0 Å². The number of carbonyl (C=O) groups is 1. The minimum Gasteiger partial charge on any atom is -0.508 e. The van der Waals surface area contributed by atoms with Crippen LogP contribution >= 0.6 is 0 Å². The van der Waals surface area contributed by atoms with Crippen molar-refractivity contribution in [3.63, 3.8) is 0 Å². The topological polar surface area (TPSA) is 90.1 Å². The number of carboxylic acids is 1. The molecule has 0 unspecified atom stereocenters. The highest BCUT2D eigenvalue weighted by Gasteiger charge is 2.16. The van der Waals surface area contributed by atoms with Gasteiger partial charge in [-0.25, -0.2) is 4.79 Å². The van der Waals surface area contributed by atoms with Crippen LogP contribution in [0.4, 0.5) is 0 Å². The number of carboxylic acid groups (broad SMARTS) is 1. The summed E-state index contributed by atoms with van der Waals surface area (Å²) < 4.78 is 0. The van der Waals surface area contributed by atoms with Crippen molar-refractivity contribution in [3.8, 4) is 11.5 Å². The summed E-state index contributed by atoms with van der Waals surface area (Å²) in [4.78, 5) is 14.9. The maximum atomic E-state index is 11.0. The van der Waals surface area contributed by atoms with Crippen LogP contribution in [0.15, 0.2) is 23.2 Å².